The Morgan fingerprint density at radius 1 is 1.14 bits per heavy atom. The van der Waals surface area contributed by atoms with Gasteiger partial charge in [0.2, 0.25) is 5.91 Å². The van der Waals surface area contributed by atoms with Crippen molar-refractivity contribution in [1.29, 1.82) is 0 Å². The first kappa shape index (κ1) is 20.3. The van der Waals surface area contributed by atoms with E-state index in [1.165, 1.54) is 25.0 Å². The molecule has 1 aliphatic heterocycles. The first-order valence-corrected chi connectivity index (χ1v) is 10.0. The zero-order chi connectivity index (χ0) is 19.9. The lowest BCUT2D eigenvalue weighted by molar-refractivity contribution is -0.121. The second-order valence-corrected chi connectivity index (χ2v) is 7.48. The fourth-order valence-corrected chi connectivity index (χ4v) is 3.43. The second-order valence-electron chi connectivity index (χ2n) is 6.63. The molecule has 2 aromatic rings. The molecule has 1 fully saturated rings. The van der Waals surface area contributed by atoms with E-state index in [4.69, 9.17) is 0 Å². The van der Waals surface area contributed by atoms with Crippen molar-refractivity contribution >= 4 is 33.6 Å². The molecule has 0 spiro atoms. The van der Waals surface area contributed by atoms with Gasteiger partial charge in [0.15, 0.2) is 0 Å². The number of carbonyl (C=O) groups excluding carboxylic acids is 2. The SMILES string of the molecule is O=C(CCNC(=O)c1cc(F)ccc1Br)NCc1ccc(N2CCCC2)nc1. The lowest BCUT2D eigenvalue weighted by atomic mass is 10.2. The van der Waals surface area contributed by atoms with E-state index in [0.29, 0.717) is 11.0 Å². The van der Waals surface area contributed by atoms with Crippen LogP contribution in [0.15, 0.2) is 41.0 Å². The van der Waals surface area contributed by atoms with E-state index in [9.17, 15) is 14.0 Å². The van der Waals surface area contributed by atoms with Gasteiger partial charge in [0.05, 0.1) is 5.56 Å². The van der Waals surface area contributed by atoms with Gasteiger partial charge in [-0.25, -0.2) is 9.37 Å². The van der Waals surface area contributed by atoms with Gasteiger partial charge in [-0.3, -0.25) is 9.59 Å². The molecular weight excluding hydrogens is 427 g/mol. The lowest BCUT2D eigenvalue weighted by Crippen LogP contribution is -2.30. The van der Waals surface area contributed by atoms with Crippen molar-refractivity contribution in [2.75, 3.05) is 24.5 Å². The zero-order valence-electron chi connectivity index (χ0n) is 15.4. The van der Waals surface area contributed by atoms with E-state index in [1.807, 2.05) is 12.1 Å². The molecule has 0 radical (unpaired) electrons. The van der Waals surface area contributed by atoms with E-state index in [-0.39, 0.29) is 24.4 Å². The maximum absolute atomic E-state index is 13.3. The Bertz CT molecular complexity index is 839. The summed E-state index contributed by atoms with van der Waals surface area (Å²) < 4.78 is 13.8. The predicted molar refractivity (Wildman–Crippen MR) is 109 cm³/mol. The summed E-state index contributed by atoms with van der Waals surface area (Å²) in [6.07, 6.45) is 4.31. The van der Waals surface area contributed by atoms with Crippen molar-refractivity contribution in [3.05, 3.63) is 57.9 Å². The van der Waals surface area contributed by atoms with Crippen LogP contribution >= 0.6 is 15.9 Å². The highest BCUT2D eigenvalue weighted by molar-refractivity contribution is 9.10. The van der Waals surface area contributed by atoms with Gasteiger partial charge in [-0.15, -0.1) is 0 Å². The van der Waals surface area contributed by atoms with Crippen LogP contribution in [-0.4, -0.2) is 36.4 Å². The van der Waals surface area contributed by atoms with E-state index >= 15 is 0 Å². The summed E-state index contributed by atoms with van der Waals surface area (Å²) in [6, 6.07) is 7.83. The Balaban J connectivity index is 1.39. The van der Waals surface area contributed by atoms with Gasteiger partial charge in [-0.05, 0) is 58.6 Å². The van der Waals surface area contributed by atoms with E-state index in [1.54, 1.807) is 6.20 Å². The first-order chi connectivity index (χ1) is 13.5. The van der Waals surface area contributed by atoms with Gasteiger partial charge in [0, 0.05) is 43.3 Å². The summed E-state index contributed by atoms with van der Waals surface area (Å²) >= 11 is 3.21. The number of anilines is 1. The quantitative estimate of drug-likeness (QED) is 0.682. The normalized spacial score (nSPS) is 13.4. The molecule has 2 heterocycles. The number of aromatic nitrogens is 1. The Labute approximate surface area is 171 Å². The molecule has 2 amide bonds. The molecule has 0 atom stereocenters. The van der Waals surface area contributed by atoms with E-state index < -0.39 is 11.7 Å². The number of pyridine rings is 1. The van der Waals surface area contributed by atoms with Crippen LogP contribution in [0.2, 0.25) is 0 Å². The maximum Gasteiger partial charge on any atom is 0.252 e. The third-order valence-corrected chi connectivity index (χ3v) is 5.23. The van der Waals surface area contributed by atoms with Crippen LogP contribution in [0.25, 0.3) is 0 Å². The number of hydrogen-bond acceptors (Lipinski definition) is 4. The number of nitrogens with one attached hydrogen (secondary N) is 2. The van der Waals surface area contributed by atoms with Crippen molar-refractivity contribution in [3.8, 4) is 0 Å². The molecule has 1 aliphatic rings. The van der Waals surface area contributed by atoms with Crippen LogP contribution in [0.4, 0.5) is 10.2 Å². The van der Waals surface area contributed by atoms with Gasteiger partial charge in [0.25, 0.3) is 5.91 Å². The third kappa shape index (κ3) is 5.51. The Morgan fingerprint density at radius 3 is 2.64 bits per heavy atom. The smallest absolute Gasteiger partial charge is 0.252 e. The first-order valence-electron chi connectivity index (χ1n) is 9.23. The molecule has 0 bridgehead atoms. The molecule has 1 aromatic carbocycles. The number of hydrogen-bond donors (Lipinski definition) is 2. The molecule has 0 aliphatic carbocycles. The number of benzene rings is 1. The largest absolute Gasteiger partial charge is 0.357 e. The van der Waals surface area contributed by atoms with Gasteiger partial charge in [0.1, 0.15) is 11.6 Å². The highest BCUT2D eigenvalue weighted by Crippen LogP contribution is 2.18. The summed E-state index contributed by atoms with van der Waals surface area (Å²) in [7, 11) is 0. The summed E-state index contributed by atoms with van der Waals surface area (Å²) in [5.74, 6) is -0.127. The molecule has 1 saturated heterocycles. The third-order valence-electron chi connectivity index (χ3n) is 4.54. The molecule has 0 saturated carbocycles. The van der Waals surface area contributed by atoms with Crippen LogP contribution in [0.5, 0.6) is 0 Å². The lowest BCUT2D eigenvalue weighted by Gasteiger charge is -2.16. The Kier molecular flexibility index (Phi) is 6.97. The van der Waals surface area contributed by atoms with Crippen LogP contribution in [0.3, 0.4) is 0 Å². The van der Waals surface area contributed by atoms with Gasteiger partial charge >= 0.3 is 0 Å². The van der Waals surface area contributed by atoms with Crippen molar-refractivity contribution in [2.45, 2.75) is 25.8 Å². The standard InChI is InChI=1S/C20H22BrFN4O2/c21-17-5-4-15(22)11-16(17)20(28)23-8-7-19(27)25-13-14-3-6-18(24-12-14)26-9-1-2-10-26/h3-6,11-12H,1-2,7-10,13H2,(H,23,28)(H,25,27). The van der Waals surface area contributed by atoms with Crippen molar-refractivity contribution < 1.29 is 14.0 Å². The fourth-order valence-electron chi connectivity index (χ4n) is 3.00. The molecule has 1 aromatic heterocycles. The molecule has 148 valence electrons. The number of rotatable bonds is 7. The summed E-state index contributed by atoms with van der Waals surface area (Å²) in [5, 5.41) is 5.43. The maximum atomic E-state index is 13.3. The van der Waals surface area contributed by atoms with E-state index in [0.717, 1.165) is 30.5 Å². The average molecular weight is 449 g/mol. The van der Waals surface area contributed by atoms with Crippen molar-refractivity contribution in [1.82, 2.24) is 15.6 Å². The molecule has 8 heteroatoms. The summed E-state index contributed by atoms with van der Waals surface area (Å²) in [5.41, 5.74) is 1.12. The van der Waals surface area contributed by atoms with Crippen molar-refractivity contribution in [3.63, 3.8) is 0 Å². The molecular formula is C20H22BrFN4O2. The second kappa shape index (κ2) is 9.64. The number of carbonyl (C=O) groups is 2. The fraction of sp³-hybridized carbons (Fsp3) is 0.350. The Hall–Kier alpha value is -2.48. The monoisotopic (exact) mass is 448 g/mol. The molecule has 0 unspecified atom stereocenters. The van der Waals surface area contributed by atoms with Gasteiger partial charge in [-0.1, -0.05) is 6.07 Å². The minimum Gasteiger partial charge on any atom is -0.357 e. The van der Waals surface area contributed by atoms with Crippen LogP contribution in [-0.2, 0) is 11.3 Å². The predicted octanol–water partition coefficient (Wildman–Crippen LogP) is 3.02. The van der Waals surface area contributed by atoms with Crippen LogP contribution in [0, 0.1) is 5.82 Å². The Morgan fingerprint density at radius 2 is 1.93 bits per heavy atom. The molecule has 6 nitrogen and oxygen atoms in total. The highest BCUT2D eigenvalue weighted by Gasteiger charge is 2.13. The summed E-state index contributed by atoms with van der Waals surface area (Å²) in [4.78, 5) is 30.7. The molecule has 3 rings (SSSR count). The minimum atomic E-state index is -0.490. The highest BCUT2D eigenvalue weighted by atomic mass is 79.9. The number of nitrogens with zero attached hydrogens (tertiary/aromatic N) is 2. The topological polar surface area (TPSA) is 74.3 Å². The minimum absolute atomic E-state index is 0.137. The van der Waals surface area contributed by atoms with Crippen molar-refractivity contribution in [2.24, 2.45) is 0 Å². The van der Waals surface area contributed by atoms with Crippen LogP contribution in [0.1, 0.15) is 35.2 Å². The zero-order valence-corrected chi connectivity index (χ0v) is 17.0. The molecule has 2 N–H and O–H groups in total. The number of halogens is 2. The van der Waals surface area contributed by atoms with E-state index in [2.05, 4.69) is 36.4 Å². The van der Waals surface area contributed by atoms with Gasteiger partial charge in [-0.2, -0.15) is 0 Å². The summed E-state index contributed by atoms with van der Waals surface area (Å²) in [6.45, 7) is 2.64. The molecule has 28 heavy (non-hydrogen) atoms. The van der Waals surface area contributed by atoms with Crippen LogP contribution < -0.4 is 15.5 Å². The number of amides is 2. The average Bonchev–Trinajstić information content (AvgIpc) is 3.23. The van der Waals surface area contributed by atoms with Gasteiger partial charge < -0.3 is 15.5 Å².